The SMILES string of the molecule is CCN(C(=O)[C@H](C)CSC(C)=O)S(=O)(=O)c1c(C)nn(C)c1Cl. The zero-order valence-electron chi connectivity index (χ0n) is 13.7. The molecule has 1 atom stereocenters. The van der Waals surface area contributed by atoms with Gasteiger partial charge in [0, 0.05) is 32.2 Å². The Balaban J connectivity index is 3.17. The first-order valence-electron chi connectivity index (χ1n) is 6.93. The van der Waals surface area contributed by atoms with Gasteiger partial charge in [0.05, 0.1) is 5.69 Å². The number of rotatable bonds is 6. The summed E-state index contributed by atoms with van der Waals surface area (Å²) in [5.41, 5.74) is 0.231. The molecule has 1 aromatic rings. The third-order valence-corrected chi connectivity index (χ3v) is 6.78. The maximum atomic E-state index is 12.8. The first-order chi connectivity index (χ1) is 10.5. The number of carbonyl (C=O) groups is 2. The van der Waals surface area contributed by atoms with Gasteiger partial charge >= 0.3 is 0 Å². The summed E-state index contributed by atoms with van der Waals surface area (Å²) >= 11 is 7.01. The van der Waals surface area contributed by atoms with Crippen LogP contribution in [0.5, 0.6) is 0 Å². The first kappa shape index (κ1) is 20.0. The summed E-state index contributed by atoms with van der Waals surface area (Å²) in [6.45, 7) is 6.05. The Morgan fingerprint density at radius 2 is 2.00 bits per heavy atom. The van der Waals surface area contributed by atoms with E-state index in [9.17, 15) is 18.0 Å². The quantitative estimate of drug-likeness (QED) is 0.746. The van der Waals surface area contributed by atoms with Crippen LogP contribution in [0.1, 0.15) is 26.5 Å². The van der Waals surface area contributed by atoms with E-state index in [1.807, 2.05) is 0 Å². The number of hydrogen-bond acceptors (Lipinski definition) is 6. The number of halogens is 1. The normalized spacial score (nSPS) is 13.0. The molecule has 0 N–H and O–H groups in total. The molecule has 0 unspecified atom stereocenters. The Labute approximate surface area is 145 Å². The fourth-order valence-electron chi connectivity index (χ4n) is 2.02. The Morgan fingerprint density at radius 1 is 1.43 bits per heavy atom. The average Bonchev–Trinajstić information content (AvgIpc) is 2.69. The summed E-state index contributed by atoms with van der Waals surface area (Å²) in [4.78, 5) is 23.3. The third-order valence-electron chi connectivity index (χ3n) is 3.14. The maximum absolute atomic E-state index is 12.8. The van der Waals surface area contributed by atoms with Gasteiger partial charge < -0.3 is 0 Å². The van der Waals surface area contributed by atoms with E-state index in [1.165, 1.54) is 25.6 Å². The number of carbonyl (C=O) groups excluding carboxylic acids is 2. The van der Waals surface area contributed by atoms with E-state index in [2.05, 4.69) is 5.10 Å². The van der Waals surface area contributed by atoms with Crippen molar-refractivity contribution in [3.63, 3.8) is 0 Å². The van der Waals surface area contributed by atoms with E-state index in [0.29, 0.717) is 0 Å². The van der Waals surface area contributed by atoms with Gasteiger partial charge in [0.15, 0.2) is 5.12 Å². The fourth-order valence-corrected chi connectivity index (χ4v) is 4.85. The Hall–Kier alpha value is -1.06. The van der Waals surface area contributed by atoms with Crippen LogP contribution in [0.15, 0.2) is 4.90 Å². The monoisotopic (exact) mass is 381 g/mol. The van der Waals surface area contributed by atoms with Gasteiger partial charge in [0.25, 0.3) is 10.0 Å². The van der Waals surface area contributed by atoms with Gasteiger partial charge in [0.1, 0.15) is 10.0 Å². The summed E-state index contributed by atoms with van der Waals surface area (Å²) in [5.74, 6) is -0.963. The average molecular weight is 382 g/mol. The predicted molar refractivity (Wildman–Crippen MR) is 89.8 cm³/mol. The largest absolute Gasteiger partial charge is 0.288 e. The van der Waals surface area contributed by atoms with Crippen LogP contribution in [0.25, 0.3) is 0 Å². The van der Waals surface area contributed by atoms with Crippen LogP contribution in [0, 0.1) is 12.8 Å². The van der Waals surface area contributed by atoms with Crippen LogP contribution in [0.2, 0.25) is 5.15 Å². The van der Waals surface area contributed by atoms with Crippen molar-refractivity contribution in [2.75, 3.05) is 12.3 Å². The van der Waals surface area contributed by atoms with Gasteiger partial charge in [0.2, 0.25) is 5.91 Å². The lowest BCUT2D eigenvalue weighted by atomic mass is 10.2. The van der Waals surface area contributed by atoms with Gasteiger partial charge in [-0.25, -0.2) is 12.7 Å². The number of sulfonamides is 1. The summed E-state index contributed by atoms with van der Waals surface area (Å²) in [7, 11) is -2.57. The number of aromatic nitrogens is 2. The molecule has 0 bridgehead atoms. The van der Waals surface area contributed by atoms with Crippen LogP contribution in [0.3, 0.4) is 0 Å². The Bertz CT molecular complexity index is 715. The molecule has 0 aromatic carbocycles. The predicted octanol–water partition coefficient (Wildman–Crippen LogP) is 1.83. The summed E-state index contributed by atoms with van der Waals surface area (Å²) in [5, 5.41) is 3.81. The molecule has 0 radical (unpaired) electrons. The highest BCUT2D eigenvalue weighted by Crippen LogP contribution is 2.28. The number of aryl methyl sites for hydroxylation is 2. The van der Waals surface area contributed by atoms with Crippen molar-refractivity contribution >= 4 is 44.4 Å². The minimum absolute atomic E-state index is 0.0269. The highest BCUT2D eigenvalue weighted by molar-refractivity contribution is 8.13. The zero-order valence-corrected chi connectivity index (χ0v) is 16.0. The molecule has 0 aliphatic rings. The second-order valence-corrected chi connectivity index (χ2v) is 8.39. The Kier molecular flexibility index (Phi) is 6.67. The molecule has 0 saturated heterocycles. The molecule has 7 nitrogen and oxygen atoms in total. The lowest BCUT2D eigenvalue weighted by Crippen LogP contribution is -2.40. The molecule has 0 aliphatic carbocycles. The fraction of sp³-hybridized carbons (Fsp3) is 0.615. The minimum Gasteiger partial charge on any atom is -0.288 e. The first-order valence-corrected chi connectivity index (χ1v) is 9.73. The highest BCUT2D eigenvalue weighted by Gasteiger charge is 2.35. The second kappa shape index (κ2) is 7.67. The molecule has 23 heavy (non-hydrogen) atoms. The van der Waals surface area contributed by atoms with Crippen molar-refractivity contribution in [2.24, 2.45) is 13.0 Å². The van der Waals surface area contributed by atoms with Gasteiger partial charge in [-0.3, -0.25) is 14.3 Å². The number of nitrogens with zero attached hydrogens (tertiary/aromatic N) is 3. The van der Waals surface area contributed by atoms with Crippen molar-refractivity contribution in [3.8, 4) is 0 Å². The summed E-state index contributed by atoms with van der Waals surface area (Å²) in [6, 6.07) is 0. The molecule has 0 saturated carbocycles. The molecule has 1 amide bonds. The van der Waals surface area contributed by atoms with Crippen LogP contribution < -0.4 is 0 Å². The van der Waals surface area contributed by atoms with Crippen LogP contribution in [-0.2, 0) is 26.7 Å². The van der Waals surface area contributed by atoms with Crippen molar-refractivity contribution in [3.05, 3.63) is 10.8 Å². The third kappa shape index (κ3) is 4.27. The Morgan fingerprint density at radius 3 is 2.39 bits per heavy atom. The van der Waals surface area contributed by atoms with E-state index in [4.69, 9.17) is 11.6 Å². The van der Waals surface area contributed by atoms with Gasteiger partial charge in [-0.1, -0.05) is 30.3 Å². The van der Waals surface area contributed by atoms with E-state index < -0.39 is 21.8 Å². The van der Waals surface area contributed by atoms with Crippen molar-refractivity contribution in [1.29, 1.82) is 0 Å². The van der Waals surface area contributed by atoms with Gasteiger partial charge in [-0.2, -0.15) is 5.10 Å². The maximum Gasteiger partial charge on any atom is 0.271 e. The molecular formula is C13H20ClN3O4S2. The van der Waals surface area contributed by atoms with E-state index in [0.717, 1.165) is 16.1 Å². The molecule has 1 aromatic heterocycles. The summed E-state index contributed by atoms with van der Waals surface area (Å²) in [6.07, 6.45) is 0. The molecule has 1 rings (SSSR count). The molecule has 0 spiro atoms. The summed E-state index contributed by atoms with van der Waals surface area (Å²) < 4.78 is 27.6. The number of amides is 1. The zero-order chi connectivity index (χ0) is 17.9. The van der Waals surface area contributed by atoms with Crippen molar-refractivity contribution in [1.82, 2.24) is 14.1 Å². The lowest BCUT2D eigenvalue weighted by Gasteiger charge is -2.23. The van der Waals surface area contributed by atoms with Gasteiger partial charge in [-0.15, -0.1) is 0 Å². The van der Waals surface area contributed by atoms with Crippen LogP contribution in [0.4, 0.5) is 0 Å². The molecular weight excluding hydrogens is 362 g/mol. The second-order valence-electron chi connectivity index (χ2n) is 5.04. The highest BCUT2D eigenvalue weighted by atomic mass is 35.5. The van der Waals surface area contributed by atoms with Crippen LogP contribution >= 0.6 is 23.4 Å². The van der Waals surface area contributed by atoms with E-state index in [1.54, 1.807) is 13.8 Å². The number of hydrogen-bond donors (Lipinski definition) is 0. The molecule has 10 heteroatoms. The molecule has 0 aliphatic heterocycles. The standard InChI is InChI=1S/C13H20ClN3O4S2/c1-6-17(13(19)8(2)7-22-10(4)18)23(20,21)11-9(3)15-16(5)12(11)14/h8H,6-7H2,1-5H3/t8-/m1/s1. The van der Waals surface area contributed by atoms with E-state index >= 15 is 0 Å². The minimum atomic E-state index is -4.10. The molecule has 0 fully saturated rings. The van der Waals surface area contributed by atoms with Crippen molar-refractivity contribution in [2.45, 2.75) is 32.6 Å². The molecule has 130 valence electrons. The van der Waals surface area contributed by atoms with Crippen LogP contribution in [-0.4, -0.2) is 45.8 Å². The smallest absolute Gasteiger partial charge is 0.271 e. The topological polar surface area (TPSA) is 89.3 Å². The number of thioether (sulfide) groups is 1. The van der Waals surface area contributed by atoms with Crippen molar-refractivity contribution < 1.29 is 18.0 Å². The van der Waals surface area contributed by atoms with Gasteiger partial charge in [-0.05, 0) is 13.8 Å². The lowest BCUT2D eigenvalue weighted by molar-refractivity contribution is -0.129. The van der Waals surface area contributed by atoms with E-state index in [-0.39, 0.29) is 33.2 Å². The molecule has 1 heterocycles.